The molecule has 2 aromatic heterocycles. The fraction of sp³-hybridized carbons (Fsp3) is 0.381. The zero-order valence-corrected chi connectivity index (χ0v) is 16.1. The molecule has 1 aliphatic heterocycles. The second-order valence-corrected chi connectivity index (χ2v) is 7.78. The van der Waals surface area contributed by atoms with E-state index >= 15 is 0 Å². The van der Waals surface area contributed by atoms with E-state index in [0.717, 1.165) is 30.6 Å². The number of alkyl halides is 3. The van der Waals surface area contributed by atoms with Crippen LogP contribution in [-0.4, -0.2) is 51.5 Å². The second-order valence-electron chi connectivity index (χ2n) is 7.78. The first-order valence-electron chi connectivity index (χ1n) is 9.94. The van der Waals surface area contributed by atoms with Crippen LogP contribution in [0.4, 0.5) is 18.9 Å². The monoisotopic (exact) mass is 415 g/mol. The lowest BCUT2D eigenvalue weighted by Crippen LogP contribution is -2.48. The summed E-state index contributed by atoms with van der Waals surface area (Å²) in [4.78, 5) is 25.3. The minimum Gasteiger partial charge on any atom is -0.368 e. The van der Waals surface area contributed by atoms with Gasteiger partial charge in [0.2, 0.25) is 0 Å². The van der Waals surface area contributed by atoms with Crippen molar-refractivity contribution in [3.8, 4) is 0 Å². The lowest BCUT2D eigenvalue weighted by atomic mass is 10.1. The molecular formula is C21H20F3N5O. The van der Waals surface area contributed by atoms with Gasteiger partial charge in [0.1, 0.15) is 5.52 Å². The van der Waals surface area contributed by atoms with Gasteiger partial charge in [-0.1, -0.05) is 6.07 Å². The van der Waals surface area contributed by atoms with Crippen LogP contribution in [0.2, 0.25) is 0 Å². The highest BCUT2D eigenvalue weighted by Gasteiger charge is 2.31. The molecule has 0 N–H and O–H groups in total. The number of anilines is 1. The van der Waals surface area contributed by atoms with Gasteiger partial charge in [0.15, 0.2) is 5.65 Å². The van der Waals surface area contributed by atoms with E-state index in [1.54, 1.807) is 29.6 Å². The molecular weight excluding hydrogens is 395 g/mol. The highest BCUT2D eigenvalue weighted by Crippen LogP contribution is 2.36. The lowest BCUT2D eigenvalue weighted by molar-refractivity contribution is -0.137. The Kier molecular flexibility index (Phi) is 4.41. The summed E-state index contributed by atoms with van der Waals surface area (Å²) in [6.07, 6.45) is 1.25. The summed E-state index contributed by atoms with van der Waals surface area (Å²) >= 11 is 0. The molecule has 9 heteroatoms. The molecule has 0 atom stereocenters. The van der Waals surface area contributed by atoms with Crippen LogP contribution in [0.15, 0.2) is 42.9 Å². The number of carbonyl (C=O) groups is 1. The molecule has 0 unspecified atom stereocenters. The quantitative estimate of drug-likeness (QED) is 0.654. The molecule has 1 saturated carbocycles. The van der Waals surface area contributed by atoms with Crippen molar-refractivity contribution in [2.75, 3.05) is 31.1 Å². The summed E-state index contributed by atoms with van der Waals surface area (Å²) < 4.78 is 41.0. The molecule has 2 aliphatic rings. The number of nitrogens with zero attached hydrogens (tertiary/aromatic N) is 5. The fourth-order valence-corrected chi connectivity index (χ4v) is 3.89. The van der Waals surface area contributed by atoms with Crippen molar-refractivity contribution in [1.82, 2.24) is 19.4 Å². The van der Waals surface area contributed by atoms with Gasteiger partial charge in [-0.05, 0) is 37.1 Å². The number of amides is 1. The molecule has 1 aliphatic carbocycles. The van der Waals surface area contributed by atoms with E-state index in [4.69, 9.17) is 0 Å². The standard InChI is InChI=1S/C21H20F3N5O/c22-21(23,24)15-2-1-3-17(11-15)27-6-8-28(9-7-27)20(30)14-10-18-19(25-12-14)29(13-26-18)16-4-5-16/h1-3,10-13,16H,4-9H2. The first-order valence-corrected chi connectivity index (χ1v) is 9.94. The summed E-state index contributed by atoms with van der Waals surface area (Å²) in [6, 6.07) is 7.54. The number of aromatic nitrogens is 3. The number of hydrogen-bond donors (Lipinski definition) is 0. The summed E-state index contributed by atoms with van der Waals surface area (Å²) in [5, 5.41) is 0. The summed E-state index contributed by atoms with van der Waals surface area (Å²) in [6.45, 7) is 1.81. The van der Waals surface area contributed by atoms with E-state index in [-0.39, 0.29) is 5.91 Å². The van der Waals surface area contributed by atoms with Crippen LogP contribution in [0.25, 0.3) is 11.2 Å². The maximum absolute atomic E-state index is 13.0. The molecule has 0 bridgehead atoms. The van der Waals surface area contributed by atoms with Crippen LogP contribution in [0.5, 0.6) is 0 Å². The molecule has 6 nitrogen and oxygen atoms in total. The van der Waals surface area contributed by atoms with Crippen LogP contribution in [0.3, 0.4) is 0 Å². The maximum Gasteiger partial charge on any atom is 0.416 e. The van der Waals surface area contributed by atoms with E-state index in [9.17, 15) is 18.0 Å². The SMILES string of the molecule is O=C(c1cnc2c(c1)ncn2C1CC1)N1CCN(c2cccc(C(F)(F)F)c2)CC1. The maximum atomic E-state index is 13.0. The zero-order valence-electron chi connectivity index (χ0n) is 16.1. The Morgan fingerprint density at radius 2 is 1.80 bits per heavy atom. The second kappa shape index (κ2) is 7.00. The van der Waals surface area contributed by atoms with Crippen molar-refractivity contribution in [2.24, 2.45) is 0 Å². The molecule has 156 valence electrons. The number of hydrogen-bond acceptors (Lipinski definition) is 4. The van der Waals surface area contributed by atoms with Gasteiger partial charge in [-0.25, -0.2) is 9.97 Å². The zero-order chi connectivity index (χ0) is 20.9. The van der Waals surface area contributed by atoms with Gasteiger partial charge < -0.3 is 14.4 Å². The topological polar surface area (TPSA) is 54.3 Å². The first-order chi connectivity index (χ1) is 14.4. The Balaban J connectivity index is 1.27. The lowest BCUT2D eigenvalue weighted by Gasteiger charge is -2.36. The van der Waals surface area contributed by atoms with Gasteiger partial charge in [0.25, 0.3) is 5.91 Å². The van der Waals surface area contributed by atoms with E-state index in [2.05, 4.69) is 14.5 Å². The molecule has 3 aromatic rings. The number of imidazole rings is 1. The number of halogens is 3. The van der Waals surface area contributed by atoms with Crippen LogP contribution in [0.1, 0.15) is 34.8 Å². The Morgan fingerprint density at radius 1 is 1.03 bits per heavy atom. The Hall–Kier alpha value is -3.10. The number of pyridine rings is 1. The number of fused-ring (bicyclic) bond motifs is 1. The molecule has 5 rings (SSSR count). The van der Waals surface area contributed by atoms with Crippen LogP contribution >= 0.6 is 0 Å². The minimum absolute atomic E-state index is 0.130. The minimum atomic E-state index is -4.37. The van der Waals surface area contributed by atoms with Crippen molar-refractivity contribution in [2.45, 2.75) is 25.1 Å². The molecule has 1 amide bonds. The molecule has 1 aromatic carbocycles. The number of benzene rings is 1. The van der Waals surface area contributed by atoms with Gasteiger partial charge in [0.05, 0.1) is 17.5 Å². The third-order valence-electron chi connectivity index (χ3n) is 5.71. The van der Waals surface area contributed by atoms with Crippen molar-refractivity contribution in [3.05, 3.63) is 54.0 Å². The largest absolute Gasteiger partial charge is 0.416 e. The van der Waals surface area contributed by atoms with Gasteiger partial charge in [-0.15, -0.1) is 0 Å². The average molecular weight is 415 g/mol. The predicted molar refractivity (Wildman–Crippen MR) is 105 cm³/mol. The molecule has 30 heavy (non-hydrogen) atoms. The van der Waals surface area contributed by atoms with Gasteiger partial charge >= 0.3 is 6.18 Å². The van der Waals surface area contributed by atoms with Gasteiger partial charge in [0, 0.05) is 44.1 Å². The highest BCUT2D eigenvalue weighted by atomic mass is 19.4. The third kappa shape index (κ3) is 3.48. The molecule has 2 fully saturated rings. The van der Waals surface area contributed by atoms with Crippen molar-refractivity contribution in [1.29, 1.82) is 0 Å². The molecule has 0 spiro atoms. The Bertz CT molecular complexity index is 1100. The van der Waals surface area contributed by atoms with Gasteiger partial charge in [-0.2, -0.15) is 13.2 Å². The van der Waals surface area contributed by atoms with E-state index in [0.29, 0.717) is 49.0 Å². The van der Waals surface area contributed by atoms with Crippen LogP contribution in [-0.2, 0) is 6.18 Å². The fourth-order valence-electron chi connectivity index (χ4n) is 3.89. The molecule has 1 saturated heterocycles. The number of rotatable bonds is 3. The van der Waals surface area contributed by atoms with Crippen LogP contribution in [0, 0.1) is 0 Å². The summed E-state index contributed by atoms with van der Waals surface area (Å²) in [7, 11) is 0. The average Bonchev–Trinajstić information content (AvgIpc) is 3.51. The summed E-state index contributed by atoms with van der Waals surface area (Å²) in [5.74, 6) is -0.130. The Labute approximate surface area is 170 Å². The highest BCUT2D eigenvalue weighted by molar-refractivity contribution is 5.96. The summed E-state index contributed by atoms with van der Waals surface area (Å²) in [5.41, 5.74) is 1.84. The van der Waals surface area contributed by atoms with Crippen molar-refractivity contribution >= 4 is 22.8 Å². The van der Waals surface area contributed by atoms with E-state index in [1.165, 1.54) is 6.07 Å². The van der Waals surface area contributed by atoms with Crippen molar-refractivity contribution < 1.29 is 18.0 Å². The third-order valence-corrected chi connectivity index (χ3v) is 5.71. The smallest absolute Gasteiger partial charge is 0.368 e. The van der Waals surface area contributed by atoms with E-state index < -0.39 is 11.7 Å². The number of piperazine rings is 1. The molecule has 3 heterocycles. The predicted octanol–water partition coefficient (Wildman–Crippen LogP) is 3.75. The number of carbonyl (C=O) groups excluding carboxylic acids is 1. The van der Waals surface area contributed by atoms with Crippen molar-refractivity contribution in [3.63, 3.8) is 0 Å². The normalized spacial score (nSPS) is 17.6. The Morgan fingerprint density at radius 3 is 2.50 bits per heavy atom. The van der Waals surface area contributed by atoms with Crippen LogP contribution < -0.4 is 4.90 Å². The van der Waals surface area contributed by atoms with E-state index in [1.807, 2.05) is 4.90 Å². The van der Waals surface area contributed by atoms with Gasteiger partial charge in [-0.3, -0.25) is 4.79 Å². The first kappa shape index (κ1) is 18.9. The molecule has 0 radical (unpaired) electrons.